The molecule has 2 rings (SSSR count). The zero-order valence-electron chi connectivity index (χ0n) is 10.3. The minimum Gasteiger partial charge on any atom is -0.465 e. The van der Waals surface area contributed by atoms with Crippen LogP contribution in [0.4, 0.5) is 11.4 Å². The SMILES string of the molecule is COC(=O)c1cccc(N)c1N1CCCC1C. The summed E-state index contributed by atoms with van der Waals surface area (Å²) in [5.41, 5.74) is 8.03. The van der Waals surface area contributed by atoms with Crippen molar-refractivity contribution in [3.63, 3.8) is 0 Å². The Labute approximate surface area is 101 Å². The molecule has 1 aliphatic rings. The van der Waals surface area contributed by atoms with Crippen molar-refractivity contribution < 1.29 is 9.53 Å². The monoisotopic (exact) mass is 234 g/mol. The van der Waals surface area contributed by atoms with E-state index in [1.165, 1.54) is 7.11 Å². The summed E-state index contributed by atoms with van der Waals surface area (Å²) in [5.74, 6) is -0.327. The molecule has 1 aliphatic heterocycles. The number of benzene rings is 1. The van der Waals surface area contributed by atoms with Crippen LogP contribution >= 0.6 is 0 Å². The zero-order valence-corrected chi connectivity index (χ0v) is 10.3. The predicted octanol–water partition coefficient (Wildman–Crippen LogP) is 2.04. The Kier molecular flexibility index (Phi) is 3.22. The lowest BCUT2D eigenvalue weighted by Crippen LogP contribution is -2.29. The third-order valence-electron chi connectivity index (χ3n) is 3.31. The van der Waals surface area contributed by atoms with E-state index >= 15 is 0 Å². The molecule has 1 saturated heterocycles. The van der Waals surface area contributed by atoms with E-state index in [1.54, 1.807) is 12.1 Å². The van der Waals surface area contributed by atoms with Crippen molar-refractivity contribution in [2.45, 2.75) is 25.8 Å². The zero-order chi connectivity index (χ0) is 12.4. The second-order valence-corrected chi connectivity index (χ2v) is 4.42. The largest absolute Gasteiger partial charge is 0.465 e. The van der Waals surface area contributed by atoms with Gasteiger partial charge in [0.1, 0.15) is 0 Å². The summed E-state index contributed by atoms with van der Waals surface area (Å²) in [6, 6.07) is 5.80. The predicted molar refractivity (Wildman–Crippen MR) is 68.2 cm³/mol. The number of para-hydroxylation sites is 1. The van der Waals surface area contributed by atoms with Crippen LogP contribution < -0.4 is 10.6 Å². The molecule has 1 aromatic carbocycles. The van der Waals surface area contributed by atoms with Gasteiger partial charge in [-0.1, -0.05) is 6.07 Å². The maximum atomic E-state index is 11.7. The van der Waals surface area contributed by atoms with Crippen LogP contribution in [0.15, 0.2) is 18.2 Å². The number of nitrogens with zero attached hydrogens (tertiary/aromatic N) is 1. The fourth-order valence-electron chi connectivity index (χ4n) is 2.42. The number of hydrogen-bond acceptors (Lipinski definition) is 4. The summed E-state index contributed by atoms with van der Waals surface area (Å²) in [6.45, 7) is 3.10. The van der Waals surface area contributed by atoms with Crippen molar-refractivity contribution in [2.75, 3.05) is 24.3 Å². The average molecular weight is 234 g/mol. The summed E-state index contributed by atoms with van der Waals surface area (Å²) in [5, 5.41) is 0. The molecule has 92 valence electrons. The first kappa shape index (κ1) is 11.8. The first-order chi connectivity index (χ1) is 8.15. The highest BCUT2D eigenvalue weighted by Crippen LogP contribution is 2.33. The van der Waals surface area contributed by atoms with Crippen LogP contribution in [0, 0.1) is 0 Å². The minimum atomic E-state index is -0.327. The van der Waals surface area contributed by atoms with Crippen LogP contribution in [0.25, 0.3) is 0 Å². The van der Waals surface area contributed by atoms with E-state index in [9.17, 15) is 4.79 Å². The molecule has 17 heavy (non-hydrogen) atoms. The molecule has 0 aliphatic carbocycles. The van der Waals surface area contributed by atoms with Crippen molar-refractivity contribution in [2.24, 2.45) is 0 Å². The van der Waals surface area contributed by atoms with Crippen molar-refractivity contribution in [1.82, 2.24) is 0 Å². The number of methoxy groups -OCH3 is 1. The lowest BCUT2D eigenvalue weighted by molar-refractivity contribution is 0.0601. The highest BCUT2D eigenvalue weighted by atomic mass is 16.5. The molecule has 1 atom stereocenters. The Morgan fingerprint density at radius 3 is 2.88 bits per heavy atom. The first-order valence-corrected chi connectivity index (χ1v) is 5.88. The number of carbonyl (C=O) groups excluding carboxylic acids is 1. The molecule has 0 spiro atoms. The smallest absolute Gasteiger partial charge is 0.340 e. The molecule has 4 nitrogen and oxygen atoms in total. The highest BCUT2D eigenvalue weighted by Gasteiger charge is 2.26. The van der Waals surface area contributed by atoms with Crippen molar-refractivity contribution >= 4 is 17.3 Å². The molecule has 4 heteroatoms. The topological polar surface area (TPSA) is 55.6 Å². The summed E-state index contributed by atoms with van der Waals surface area (Å²) >= 11 is 0. The lowest BCUT2D eigenvalue weighted by atomic mass is 10.1. The summed E-state index contributed by atoms with van der Waals surface area (Å²) in [7, 11) is 1.39. The molecule has 1 aromatic rings. The molecule has 2 N–H and O–H groups in total. The molecule has 0 bridgehead atoms. The number of anilines is 2. The van der Waals surface area contributed by atoms with Gasteiger partial charge in [0.2, 0.25) is 0 Å². The molecule has 1 heterocycles. The molecule has 0 aromatic heterocycles. The maximum Gasteiger partial charge on any atom is 0.340 e. The van der Waals surface area contributed by atoms with E-state index in [4.69, 9.17) is 10.5 Å². The van der Waals surface area contributed by atoms with E-state index < -0.39 is 0 Å². The Morgan fingerprint density at radius 2 is 2.29 bits per heavy atom. The van der Waals surface area contributed by atoms with Crippen molar-refractivity contribution in [1.29, 1.82) is 0 Å². The van der Waals surface area contributed by atoms with Gasteiger partial charge in [0.05, 0.1) is 24.0 Å². The number of ether oxygens (including phenoxy) is 1. The second kappa shape index (κ2) is 4.65. The second-order valence-electron chi connectivity index (χ2n) is 4.42. The van der Waals surface area contributed by atoms with E-state index in [0.29, 0.717) is 17.3 Å². The van der Waals surface area contributed by atoms with Gasteiger partial charge in [0.25, 0.3) is 0 Å². The standard InChI is InChI=1S/C13H18N2O2/c1-9-5-4-8-15(9)12-10(13(16)17-2)6-3-7-11(12)14/h3,6-7,9H,4-5,8,14H2,1-2H3. The number of hydrogen-bond donors (Lipinski definition) is 1. The van der Waals surface area contributed by atoms with Gasteiger partial charge in [0, 0.05) is 12.6 Å². The van der Waals surface area contributed by atoms with E-state index in [0.717, 1.165) is 25.1 Å². The Hall–Kier alpha value is -1.71. The van der Waals surface area contributed by atoms with Crippen molar-refractivity contribution in [3.05, 3.63) is 23.8 Å². The Bertz CT molecular complexity index is 431. The van der Waals surface area contributed by atoms with Gasteiger partial charge in [-0.3, -0.25) is 0 Å². The number of rotatable bonds is 2. The van der Waals surface area contributed by atoms with Crippen LogP contribution in [0.2, 0.25) is 0 Å². The molecular formula is C13H18N2O2. The van der Waals surface area contributed by atoms with Crippen LogP contribution in [-0.4, -0.2) is 25.7 Å². The Morgan fingerprint density at radius 1 is 1.53 bits per heavy atom. The average Bonchev–Trinajstić information content (AvgIpc) is 2.74. The van der Waals surface area contributed by atoms with Crippen LogP contribution in [0.5, 0.6) is 0 Å². The minimum absolute atomic E-state index is 0.327. The normalized spacial score (nSPS) is 19.4. The summed E-state index contributed by atoms with van der Waals surface area (Å²) in [4.78, 5) is 13.9. The van der Waals surface area contributed by atoms with Crippen LogP contribution in [0.3, 0.4) is 0 Å². The quantitative estimate of drug-likeness (QED) is 0.628. The summed E-state index contributed by atoms with van der Waals surface area (Å²) < 4.78 is 4.81. The number of nitrogen functional groups attached to an aromatic ring is 1. The van der Waals surface area contributed by atoms with Gasteiger partial charge in [0.15, 0.2) is 0 Å². The van der Waals surface area contributed by atoms with Gasteiger partial charge in [-0.25, -0.2) is 4.79 Å². The lowest BCUT2D eigenvalue weighted by Gasteiger charge is -2.27. The van der Waals surface area contributed by atoms with Gasteiger partial charge in [-0.2, -0.15) is 0 Å². The van der Waals surface area contributed by atoms with Crippen molar-refractivity contribution in [3.8, 4) is 0 Å². The molecule has 1 unspecified atom stereocenters. The van der Waals surface area contributed by atoms with Gasteiger partial charge in [-0.05, 0) is 31.9 Å². The van der Waals surface area contributed by atoms with Gasteiger partial charge >= 0.3 is 5.97 Å². The van der Waals surface area contributed by atoms with Crippen LogP contribution in [-0.2, 0) is 4.74 Å². The summed E-state index contributed by atoms with van der Waals surface area (Å²) in [6.07, 6.45) is 2.27. The highest BCUT2D eigenvalue weighted by molar-refractivity contribution is 5.99. The number of esters is 1. The fourth-order valence-corrected chi connectivity index (χ4v) is 2.42. The first-order valence-electron chi connectivity index (χ1n) is 5.88. The molecular weight excluding hydrogens is 216 g/mol. The maximum absolute atomic E-state index is 11.7. The van der Waals surface area contributed by atoms with E-state index in [1.807, 2.05) is 6.07 Å². The van der Waals surface area contributed by atoms with Gasteiger partial charge in [-0.15, -0.1) is 0 Å². The molecule has 0 amide bonds. The molecule has 0 saturated carbocycles. The van der Waals surface area contributed by atoms with E-state index in [2.05, 4.69) is 11.8 Å². The van der Waals surface area contributed by atoms with E-state index in [-0.39, 0.29) is 5.97 Å². The molecule has 0 radical (unpaired) electrons. The third-order valence-corrected chi connectivity index (χ3v) is 3.31. The number of carbonyl (C=O) groups is 1. The third kappa shape index (κ3) is 2.07. The molecule has 1 fully saturated rings. The fraction of sp³-hybridized carbons (Fsp3) is 0.462. The van der Waals surface area contributed by atoms with Crippen LogP contribution in [0.1, 0.15) is 30.1 Å². The Balaban J connectivity index is 2.47. The van der Waals surface area contributed by atoms with Gasteiger partial charge < -0.3 is 15.4 Å². The number of nitrogens with two attached hydrogens (primary N) is 1.